The van der Waals surface area contributed by atoms with Gasteiger partial charge in [0, 0.05) is 0 Å². The fourth-order valence-electron chi connectivity index (χ4n) is 0.854. The summed E-state index contributed by atoms with van der Waals surface area (Å²) < 4.78 is 0. The van der Waals surface area contributed by atoms with E-state index in [-0.39, 0.29) is 41.2 Å². The van der Waals surface area contributed by atoms with Crippen molar-refractivity contribution in [2.75, 3.05) is 34.4 Å². The molecule has 0 bridgehead atoms. The van der Waals surface area contributed by atoms with Gasteiger partial charge in [-0.2, -0.15) is 29.9 Å². The monoisotopic (exact) mass is 270 g/mol. The number of anilines is 6. The molecule has 0 saturated carbocycles. The molecule has 13 heteroatoms. The Kier molecular flexibility index (Phi) is 5.40. The van der Waals surface area contributed by atoms with Crippen LogP contribution in [0.2, 0.25) is 0 Å². The fraction of sp³-hybridized carbons (Fsp3) is 0. The molecule has 13 nitrogen and oxygen atoms in total. The van der Waals surface area contributed by atoms with Crippen molar-refractivity contribution in [3.8, 4) is 0 Å². The van der Waals surface area contributed by atoms with Crippen molar-refractivity contribution in [2.24, 2.45) is 0 Å². The molecule has 0 fully saturated rings. The van der Waals surface area contributed by atoms with E-state index in [1.807, 2.05) is 0 Å². The Hall–Kier alpha value is -3.22. The lowest BCUT2D eigenvalue weighted by Crippen LogP contribution is -2.05. The molecule has 0 radical (unpaired) electrons. The molecular weight excluding hydrogens is 256 g/mol. The summed E-state index contributed by atoms with van der Waals surface area (Å²) in [5.74, 6) is 0.250. The molecule has 0 aromatic carbocycles. The Morgan fingerprint density at radius 2 is 0.474 bits per heavy atom. The second-order valence-corrected chi connectivity index (χ2v) is 2.82. The Morgan fingerprint density at radius 1 is 0.368 bits per heavy atom. The zero-order chi connectivity index (χ0) is 13.7. The van der Waals surface area contributed by atoms with Gasteiger partial charge in [-0.3, -0.25) is 0 Å². The van der Waals surface area contributed by atoms with Gasteiger partial charge in [0.05, 0.1) is 0 Å². The van der Waals surface area contributed by atoms with Crippen LogP contribution in [0.3, 0.4) is 0 Å². The number of rotatable bonds is 0. The summed E-state index contributed by atoms with van der Waals surface area (Å²) in [5, 5.41) is 0. The Labute approximate surface area is 106 Å². The molecule has 2 heterocycles. The minimum Gasteiger partial charge on any atom is -0.412 e. The van der Waals surface area contributed by atoms with Crippen LogP contribution in [0.4, 0.5) is 35.7 Å². The van der Waals surface area contributed by atoms with Crippen LogP contribution in [-0.2, 0) is 0 Å². The van der Waals surface area contributed by atoms with Crippen molar-refractivity contribution >= 4 is 35.7 Å². The van der Waals surface area contributed by atoms with Gasteiger partial charge in [-0.25, -0.2) is 0 Å². The van der Waals surface area contributed by atoms with E-state index in [1.54, 1.807) is 0 Å². The van der Waals surface area contributed by atoms with Crippen molar-refractivity contribution in [2.45, 2.75) is 0 Å². The number of nitrogen functional groups attached to an aromatic ring is 6. The summed E-state index contributed by atoms with van der Waals surface area (Å²) in [6.07, 6.45) is 0. The molecule has 2 aromatic heterocycles. The van der Waals surface area contributed by atoms with Gasteiger partial charge in [0.25, 0.3) is 0 Å². The maximum atomic E-state index is 5.14. The van der Waals surface area contributed by atoms with Crippen LogP contribution in [0.1, 0.15) is 0 Å². The van der Waals surface area contributed by atoms with Crippen LogP contribution in [0.5, 0.6) is 0 Å². The smallest absolute Gasteiger partial charge is 0.226 e. The topological polar surface area (TPSA) is 265 Å². The van der Waals surface area contributed by atoms with Crippen LogP contribution in [0, 0.1) is 0 Å². The predicted octanol–water partition coefficient (Wildman–Crippen LogP) is -3.59. The van der Waals surface area contributed by atoms with Gasteiger partial charge in [-0.05, 0) is 0 Å². The molecule has 0 aliphatic rings. The zero-order valence-electron chi connectivity index (χ0n) is 9.65. The molecule has 0 aliphatic carbocycles. The Balaban J connectivity index is 0.000000324. The summed E-state index contributed by atoms with van der Waals surface area (Å²) in [6.45, 7) is 0. The summed E-state index contributed by atoms with van der Waals surface area (Å²) in [4.78, 5) is 20.9. The number of hydrogen-bond acceptors (Lipinski definition) is 12. The van der Waals surface area contributed by atoms with E-state index in [2.05, 4.69) is 29.9 Å². The number of nitrogens with zero attached hydrogens (tertiary/aromatic N) is 6. The third-order valence-electron chi connectivity index (χ3n) is 1.37. The predicted molar refractivity (Wildman–Crippen MR) is 69.7 cm³/mol. The molecule has 2 rings (SSSR count). The molecule has 19 heavy (non-hydrogen) atoms. The largest absolute Gasteiger partial charge is 0.412 e. The molecular formula is C6H14N12O. The van der Waals surface area contributed by atoms with Crippen LogP contribution in [-0.4, -0.2) is 35.4 Å². The maximum absolute atomic E-state index is 5.14. The molecule has 2 aromatic rings. The van der Waals surface area contributed by atoms with E-state index in [0.29, 0.717) is 0 Å². The number of hydrogen-bond donors (Lipinski definition) is 6. The third-order valence-corrected chi connectivity index (χ3v) is 1.37. The average Bonchev–Trinajstić information content (AvgIpc) is 2.12. The van der Waals surface area contributed by atoms with Gasteiger partial charge >= 0.3 is 0 Å². The first-order valence-corrected chi connectivity index (χ1v) is 4.42. The van der Waals surface area contributed by atoms with Gasteiger partial charge in [0.1, 0.15) is 0 Å². The van der Waals surface area contributed by atoms with Crippen molar-refractivity contribution in [1.29, 1.82) is 0 Å². The van der Waals surface area contributed by atoms with E-state index in [4.69, 9.17) is 34.4 Å². The lowest BCUT2D eigenvalue weighted by molar-refractivity contribution is 0.824. The molecule has 0 atom stereocenters. The summed E-state index contributed by atoms with van der Waals surface area (Å²) >= 11 is 0. The van der Waals surface area contributed by atoms with Crippen LogP contribution >= 0.6 is 0 Å². The van der Waals surface area contributed by atoms with Crippen molar-refractivity contribution < 1.29 is 5.48 Å². The second kappa shape index (κ2) is 6.50. The van der Waals surface area contributed by atoms with Gasteiger partial charge < -0.3 is 39.9 Å². The normalized spacial score (nSPS) is 8.84. The molecule has 0 unspecified atom stereocenters. The lowest BCUT2D eigenvalue weighted by atomic mass is 10.9. The quantitative estimate of drug-likeness (QED) is 0.271. The first kappa shape index (κ1) is 15.8. The first-order chi connectivity index (χ1) is 8.36. The third kappa shape index (κ3) is 5.59. The van der Waals surface area contributed by atoms with Crippen LogP contribution < -0.4 is 34.4 Å². The van der Waals surface area contributed by atoms with E-state index in [0.717, 1.165) is 0 Å². The van der Waals surface area contributed by atoms with E-state index < -0.39 is 0 Å². The Bertz CT molecular complexity index is 393. The summed E-state index contributed by atoms with van der Waals surface area (Å²) in [5.41, 5.74) is 30.8. The second-order valence-electron chi connectivity index (χ2n) is 2.82. The minimum absolute atomic E-state index is 0. The summed E-state index contributed by atoms with van der Waals surface area (Å²) in [6, 6.07) is 0. The minimum atomic E-state index is 0. The van der Waals surface area contributed by atoms with E-state index >= 15 is 0 Å². The van der Waals surface area contributed by atoms with Gasteiger partial charge in [0.2, 0.25) is 35.7 Å². The van der Waals surface area contributed by atoms with Crippen LogP contribution in [0.15, 0.2) is 0 Å². The van der Waals surface area contributed by atoms with E-state index in [9.17, 15) is 0 Å². The van der Waals surface area contributed by atoms with Crippen molar-refractivity contribution in [1.82, 2.24) is 29.9 Å². The van der Waals surface area contributed by atoms with Gasteiger partial charge in [-0.15, -0.1) is 0 Å². The molecule has 0 amide bonds. The van der Waals surface area contributed by atoms with Gasteiger partial charge in [-0.1, -0.05) is 0 Å². The standard InChI is InChI=1S/2C3H6N6.H2O/c2*4-1-7-2(5)9-3(6)8-1;/h2*(H6,4,5,6,7,8,9);1H2. The first-order valence-electron chi connectivity index (χ1n) is 4.42. The van der Waals surface area contributed by atoms with Crippen molar-refractivity contribution in [3.05, 3.63) is 0 Å². The molecule has 14 N–H and O–H groups in total. The highest BCUT2D eigenvalue weighted by Crippen LogP contribution is 1.98. The molecule has 0 aliphatic heterocycles. The molecule has 104 valence electrons. The average molecular weight is 270 g/mol. The molecule has 0 spiro atoms. The lowest BCUT2D eigenvalue weighted by Gasteiger charge is -1.93. The van der Waals surface area contributed by atoms with Crippen LogP contribution in [0.25, 0.3) is 0 Å². The highest BCUT2D eigenvalue weighted by molar-refractivity contribution is 5.33. The maximum Gasteiger partial charge on any atom is 0.226 e. The Morgan fingerprint density at radius 3 is 0.579 bits per heavy atom. The van der Waals surface area contributed by atoms with Crippen molar-refractivity contribution in [3.63, 3.8) is 0 Å². The van der Waals surface area contributed by atoms with E-state index in [1.165, 1.54) is 0 Å². The highest BCUT2D eigenvalue weighted by atomic mass is 16.0. The number of aromatic nitrogens is 6. The van der Waals surface area contributed by atoms with Gasteiger partial charge in [0.15, 0.2) is 0 Å². The fourth-order valence-corrected chi connectivity index (χ4v) is 0.854. The highest BCUT2D eigenvalue weighted by Gasteiger charge is 1.94. The summed E-state index contributed by atoms with van der Waals surface area (Å²) in [7, 11) is 0. The molecule has 0 saturated heterocycles. The zero-order valence-corrected chi connectivity index (χ0v) is 9.65. The number of nitrogens with two attached hydrogens (primary N) is 6. The SMILES string of the molecule is Nc1nc(N)nc(N)n1.Nc1nc(N)nc(N)n1.O.